The van der Waals surface area contributed by atoms with Gasteiger partial charge in [0.2, 0.25) is 0 Å². The smallest absolute Gasteiger partial charge is 0.144 e. The zero-order valence-corrected chi connectivity index (χ0v) is 13.1. The molecule has 21 heavy (non-hydrogen) atoms. The highest BCUT2D eigenvalue weighted by Gasteiger charge is 2.24. The Kier molecular flexibility index (Phi) is 4.86. The van der Waals surface area contributed by atoms with Crippen LogP contribution in [0.2, 0.25) is 0 Å². The molecule has 0 saturated carbocycles. The van der Waals surface area contributed by atoms with E-state index in [0.29, 0.717) is 0 Å². The SMILES string of the molecule is CCCCCN1CCOc2cccc(N3CCNCC3)c21. The van der Waals surface area contributed by atoms with Gasteiger partial charge in [0.05, 0.1) is 12.2 Å². The van der Waals surface area contributed by atoms with Crippen LogP contribution < -0.4 is 19.9 Å². The first-order valence-electron chi connectivity index (χ1n) is 8.36. The molecule has 1 aromatic carbocycles. The molecule has 2 heterocycles. The van der Waals surface area contributed by atoms with Gasteiger partial charge >= 0.3 is 0 Å². The van der Waals surface area contributed by atoms with E-state index in [9.17, 15) is 0 Å². The molecule has 0 aromatic heterocycles. The third kappa shape index (κ3) is 3.26. The maximum atomic E-state index is 5.91. The second-order valence-electron chi connectivity index (χ2n) is 5.90. The summed E-state index contributed by atoms with van der Waals surface area (Å²) in [6, 6.07) is 6.50. The first-order valence-corrected chi connectivity index (χ1v) is 8.36. The van der Waals surface area contributed by atoms with Crippen LogP contribution in [-0.2, 0) is 0 Å². The van der Waals surface area contributed by atoms with Gasteiger partial charge in [-0.2, -0.15) is 0 Å². The van der Waals surface area contributed by atoms with Crippen molar-refractivity contribution >= 4 is 11.4 Å². The van der Waals surface area contributed by atoms with E-state index in [0.717, 1.165) is 51.6 Å². The molecule has 1 N–H and O–H groups in total. The van der Waals surface area contributed by atoms with Crippen molar-refractivity contribution in [3.8, 4) is 5.75 Å². The van der Waals surface area contributed by atoms with Gasteiger partial charge in [-0.15, -0.1) is 0 Å². The summed E-state index contributed by atoms with van der Waals surface area (Å²) in [6.07, 6.45) is 3.85. The maximum absolute atomic E-state index is 5.91. The Morgan fingerprint density at radius 3 is 2.81 bits per heavy atom. The lowest BCUT2D eigenvalue weighted by molar-refractivity contribution is 0.307. The van der Waals surface area contributed by atoms with Crippen LogP contribution in [0.25, 0.3) is 0 Å². The molecule has 116 valence electrons. The fourth-order valence-corrected chi connectivity index (χ4v) is 3.26. The van der Waals surface area contributed by atoms with Gasteiger partial charge < -0.3 is 19.9 Å². The van der Waals surface area contributed by atoms with Crippen LogP contribution in [0.5, 0.6) is 5.75 Å². The molecule has 4 nitrogen and oxygen atoms in total. The van der Waals surface area contributed by atoms with Crippen molar-refractivity contribution in [2.24, 2.45) is 0 Å². The van der Waals surface area contributed by atoms with Gasteiger partial charge in [-0.3, -0.25) is 0 Å². The van der Waals surface area contributed by atoms with Crippen LogP contribution in [0.4, 0.5) is 11.4 Å². The minimum atomic E-state index is 0.810. The number of hydrogen-bond acceptors (Lipinski definition) is 4. The van der Waals surface area contributed by atoms with E-state index in [1.54, 1.807) is 0 Å². The quantitative estimate of drug-likeness (QED) is 0.843. The monoisotopic (exact) mass is 289 g/mol. The van der Waals surface area contributed by atoms with Crippen LogP contribution in [0.3, 0.4) is 0 Å². The van der Waals surface area contributed by atoms with E-state index in [2.05, 4.69) is 40.2 Å². The van der Waals surface area contributed by atoms with E-state index < -0.39 is 0 Å². The molecular weight excluding hydrogens is 262 g/mol. The second kappa shape index (κ2) is 7.03. The number of nitrogens with zero attached hydrogens (tertiary/aromatic N) is 2. The van der Waals surface area contributed by atoms with E-state index >= 15 is 0 Å². The summed E-state index contributed by atoms with van der Waals surface area (Å²) < 4.78 is 5.91. The van der Waals surface area contributed by atoms with Crippen LogP contribution in [-0.4, -0.2) is 45.9 Å². The number of para-hydroxylation sites is 1. The number of ether oxygens (including phenoxy) is 1. The Morgan fingerprint density at radius 2 is 2.00 bits per heavy atom. The Labute approximate surface area is 128 Å². The molecule has 1 aromatic rings. The Morgan fingerprint density at radius 1 is 1.14 bits per heavy atom. The molecule has 2 aliphatic heterocycles. The van der Waals surface area contributed by atoms with E-state index in [1.165, 1.54) is 30.6 Å². The molecule has 3 rings (SSSR count). The molecule has 0 atom stereocenters. The van der Waals surface area contributed by atoms with Gasteiger partial charge in [0.15, 0.2) is 0 Å². The van der Waals surface area contributed by atoms with Gasteiger partial charge in [0, 0.05) is 32.7 Å². The third-order valence-corrected chi connectivity index (χ3v) is 4.40. The fraction of sp³-hybridized carbons (Fsp3) is 0.647. The van der Waals surface area contributed by atoms with E-state index in [1.807, 2.05) is 0 Å². The highest BCUT2D eigenvalue weighted by atomic mass is 16.5. The van der Waals surface area contributed by atoms with Crippen LogP contribution in [0.1, 0.15) is 26.2 Å². The molecule has 1 saturated heterocycles. The Balaban J connectivity index is 1.83. The van der Waals surface area contributed by atoms with Crippen molar-refractivity contribution in [1.82, 2.24) is 5.32 Å². The third-order valence-electron chi connectivity index (χ3n) is 4.40. The molecule has 0 aliphatic carbocycles. The van der Waals surface area contributed by atoms with E-state index in [-0.39, 0.29) is 0 Å². The normalized spacial score (nSPS) is 18.3. The number of unbranched alkanes of at least 4 members (excludes halogenated alkanes) is 2. The summed E-state index contributed by atoms with van der Waals surface area (Å²) in [6.45, 7) is 9.54. The van der Waals surface area contributed by atoms with Crippen molar-refractivity contribution in [3.63, 3.8) is 0 Å². The lowest BCUT2D eigenvalue weighted by atomic mass is 10.1. The Bertz CT molecular complexity index is 457. The van der Waals surface area contributed by atoms with Crippen molar-refractivity contribution in [1.29, 1.82) is 0 Å². The van der Waals surface area contributed by atoms with Crippen molar-refractivity contribution in [2.75, 3.05) is 55.7 Å². The highest BCUT2D eigenvalue weighted by Crippen LogP contribution is 2.40. The number of hydrogen-bond donors (Lipinski definition) is 1. The predicted molar refractivity (Wildman–Crippen MR) is 88.8 cm³/mol. The molecule has 0 amide bonds. The van der Waals surface area contributed by atoms with Gasteiger partial charge in [-0.25, -0.2) is 0 Å². The summed E-state index contributed by atoms with van der Waals surface area (Å²) in [7, 11) is 0. The van der Waals surface area contributed by atoms with Gasteiger partial charge in [0.25, 0.3) is 0 Å². The summed E-state index contributed by atoms with van der Waals surface area (Å²) in [5, 5.41) is 3.43. The van der Waals surface area contributed by atoms with Crippen molar-refractivity contribution < 1.29 is 4.74 Å². The molecule has 0 spiro atoms. The number of piperazine rings is 1. The number of anilines is 2. The van der Waals surface area contributed by atoms with Crippen molar-refractivity contribution in [3.05, 3.63) is 18.2 Å². The second-order valence-corrected chi connectivity index (χ2v) is 5.90. The predicted octanol–water partition coefficient (Wildman–Crippen LogP) is 2.49. The minimum Gasteiger partial charge on any atom is -0.489 e. The molecule has 0 radical (unpaired) electrons. The molecule has 2 aliphatic rings. The highest BCUT2D eigenvalue weighted by molar-refractivity contribution is 5.78. The van der Waals surface area contributed by atoms with Gasteiger partial charge in [-0.05, 0) is 18.6 Å². The summed E-state index contributed by atoms with van der Waals surface area (Å²) in [5.74, 6) is 1.06. The number of fused-ring (bicyclic) bond motifs is 1. The van der Waals surface area contributed by atoms with Gasteiger partial charge in [-0.1, -0.05) is 25.8 Å². The maximum Gasteiger partial charge on any atom is 0.144 e. The lowest BCUT2D eigenvalue weighted by Gasteiger charge is -2.38. The van der Waals surface area contributed by atoms with Gasteiger partial charge in [0.1, 0.15) is 18.0 Å². The molecular formula is C17H27N3O. The van der Waals surface area contributed by atoms with Crippen LogP contribution in [0, 0.1) is 0 Å². The number of nitrogens with one attached hydrogen (secondary N) is 1. The molecule has 0 bridgehead atoms. The summed E-state index contributed by atoms with van der Waals surface area (Å²) in [5.41, 5.74) is 2.67. The number of rotatable bonds is 5. The first-order chi connectivity index (χ1) is 10.4. The fourth-order valence-electron chi connectivity index (χ4n) is 3.26. The van der Waals surface area contributed by atoms with E-state index in [4.69, 9.17) is 4.74 Å². The zero-order chi connectivity index (χ0) is 14.5. The van der Waals surface area contributed by atoms with Crippen molar-refractivity contribution in [2.45, 2.75) is 26.2 Å². The van der Waals surface area contributed by atoms with Crippen LogP contribution in [0.15, 0.2) is 18.2 Å². The summed E-state index contributed by atoms with van der Waals surface area (Å²) in [4.78, 5) is 5.03. The first kappa shape index (κ1) is 14.5. The molecule has 4 heteroatoms. The topological polar surface area (TPSA) is 27.7 Å². The average Bonchev–Trinajstić information content (AvgIpc) is 2.55. The zero-order valence-electron chi connectivity index (χ0n) is 13.1. The molecule has 0 unspecified atom stereocenters. The minimum absolute atomic E-state index is 0.810. The molecule has 1 fully saturated rings. The lowest BCUT2D eigenvalue weighted by Crippen LogP contribution is -2.44. The summed E-state index contributed by atoms with van der Waals surface area (Å²) >= 11 is 0. The van der Waals surface area contributed by atoms with Crippen LogP contribution >= 0.6 is 0 Å². The Hall–Kier alpha value is -1.42. The standard InChI is InChI=1S/C17H27N3O/c1-2-3-4-10-20-13-14-21-16-7-5-6-15(17(16)20)19-11-8-18-9-12-19/h5-7,18H,2-4,8-14H2,1H3. The largest absolute Gasteiger partial charge is 0.489 e. The average molecular weight is 289 g/mol. The number of benzene rings is 1.